The summed E-state index contributed by atoms with van der Waals surface area (Å²) in [6.07, 6.45) is 0. The van der Waals surface area contributed by atoms with E-state index in [1.807, 2.05) is 6.07 Å². The molecule has 2 N–H and O–H groups in total. The average Bonchev–Trinajstić information content (AvgIpc) is 2.70. The number of nitrogens with one attached hydrogen (secondary N) is 1. The number of hydrogen-bond acceptors (Lipinski definition) is 4. The molecule has 1 aromatic rings. The van der Waals surface area contributed by atoms with E-state index in [1.165, 1.54) is 11.8 Å². The molecule has 6 heteroatoms. The third-order valence-corrected chi connectivity index (χ3v) is 3.59. The highest BCUT2D eigenvalue weighted by Gasteiger charge is 2.31. The van der Waals surface area contributed by atoms with Crippen LogP contribution in [0.1, 0.15) is 11.1 Å². The maximum atomic E-state index is 10.7. The standard InChI is InChI=1S/C8H8BrNO3S/c9-6-2-1-5(13-6)7-10-4(3-14-7)8(11)12/h1-2,4,7,10H,3H2,(H,11,12)/t4-,7-/m1/s1. The summed E-state index contributed by atoms with van der Waals surface area (Å²) in [6, 6.07) is 3.15. The van der Waals surface area contributed by atoms with Gasteiger partial charge in [0, 0.05) is 5.75 Å². The van der Waals surface area contributed by atoms with Crippen LogP contribution in [0.15, 0.2) is 21.2 Å². The van der Waals surface area contributed by atoms with Crippen molar-refractivity contribution in [3.63, 3.8) is 0 Å². The molecule has 0 unspecified atom stereocenters. The minimum atomic E-state index is -0.814. The fourth-order valence-electron chi connectivity index (χ4n) is 1.25. The Balaban J connectivity index is 2.05. The summed E-state index contributed by atoms with van der Waals surface area (Å²) < 4.78 is 6.00. The zero-order chi connectivity index (χ0) is 10.1. The van der Waals surface area contributed by atoms with Crippen molar-refractivity contribution < 1.29 is 14.3 Å². The number of aliphatic carboxylic acids is 1. The number of furan rings is 1. The number of thioether (sulfide) groups is 1. The smallest absolute Gasteiger partial charge is 0.321 e. The van der Waals surface area contributed by atoms with Crippen LogP contribution in [0.4, 0.5) is 0 Å². The Morgan fingerprint density at radius 3 is 3.00 bits per heavy atom. The van der Waals surface area contributed by atoms with Crippen LogP contribution in [-0.4, -0.2) is 22.9 Å². The molecule has 1 aliphatic rings. The third kappa shape index (κ3) is 1.97. The van der Waals surface area contributed by atoms with E-state index in [2.05, 4.69) is 21.2 Å². The molecule has 0 bridgehead atoms. The molecular weight excluding hydrogens is 270 g/mol. The van der Waals surface area contributed by atoms with Crippen LogP contribution in [0, 0.1) is 0 Å². The summed E-state index contributed by atoms with van der Waals surface area (Å²) >= 11 is 4.74. The summed E-state index contributed by atoms with van der Waals surface area (Å²) in [5, 5.41) is 11.7. The van der Waals surface area contributed by atoms with Crippen molar-refractivity contribution >= 4 is 33.7 Å². The summed E-state index contributed by atoms with van der Waals surface area (Å²) in [6.45, 7) is 0. The topological polar surface area (TPSA) is 62.5 Å². The van der Waals surface area contributed by atoms with Gasteiger partial charge in [-0.15, -0.1) is 11.8 Å². The van der Waals surface area contributed by atoms with Gasteiger partial charge < -0.3 is 9.52 Å². The first-order valence-corrected chi connectivity index (χ1v) is 5.86. The first kappa shape index (κ1) is 10.1. The van der Waals surface area contributed by atoms with Gasteiger partial charge >= 0.3 is 5.97 Å². The van der Waals surface area contributed by atoms with Crippen molar-refractivity contribution in [3.8, 4) is 0 Å². The highest BCUT2D eigenvalue weighted by atomic mass is 79.9. The number of carboxylic acid groups (broad SMARTS) is 1. The zero-order valence-electron chi connectivity index (χ0n) is 7.07. The Bertz CT molecular complexity index is 354. The van der Waals surface area contributed by atoms with Crippen LogP contribution in [0.5, 0.6) is 0 Å². The fourth-order valence-corrected chi connectivity index (χ4v) is 2.74. The summed E-state index contributed by atoms with van der Waals surface area (Å²) in [5.41, 5.74) is 0. The molecule has 4 nitrogen and oxygen atoms in total. The lowest BCUT2D eigenvalue weighted by molar-refractivity contribution is -0.138. The van der Waals surface area contributed by atoms with Gasteiger partial charge in [-0.2, -0.15) is 0 Å². The monoisotopic (exact) mass is 277 g/mol. The lowest BCUT2D eigenvalue weighted by Crippen LogP contribution is -2.33. The molecule has 2 atom stereocenters. The van der Waals surface area contributed by atoms with Gasteiger partial charge in [-0.25, -0.2) is 0 Å². The second-order valence-electron chi connectivity index (χ2n) is 2.91. The second-order valence-corrected chi connectivity index (χ2v) is 4.83. The first-order valence-electron chi connectivity index (χ1n) is 4.02. The van der Waals surface area contributed by atoms with Crippen molar-refractivity contribution in [2.75, 3.05) is 5.75 Å². The minimum Gasteiger partial charge on any atom is -0.480 e. The van der Waals surface area contributed by atoms with Crippen LogP contribution in [0.25, 0.3) is 0 Å². The predicted molar refractivity (Wildman–Crippen MR) is 56.2 cm³/mol. The quantitative estimate of drug-likeness (QED) is 0.864. The highest BCUT2D eigenvalue weighted by Crippen LogP contribution is 2.34. The van der Waals surface area contributed by atoms with Gasteiger partial charge in [0.15, 0.2) is 4.67 Å². The SMILES string of the molecule is O=C(O)[C@H]1CS[C@H](c2ccc(Br)o2)N1. The fraction of sp³-hybridized carbons (Fsp3) is 0.375. The number of carbonyl (C=O) groups is 1. The molecule has 0 amide bonds. The van der Waals surface area contributed by atoms with Gasteiger partial charge in [-0.1, -0.05) is 0 Å². The third-order valence-electron chi connectivity index (χ3n) is 1.93. The number of hydrogen-bond donors (Lipinski definition) is 2. The number of halogens is 1. The Labute approximate surface area is 93.2 Å². The molecule has 1 saturated heterocycles. The van der Waals surface area contributed by atoms with Crippen molar-refractivity contribution in [3.05, 3.63) is 22.6 Å². The molecule has 14 heavy (non-hydrogen) atoms. The maximum Gasteiger partial charge on any atom is 0.321 e. The first-order chi connectivity index (χ1) is 6.66. The van der Waals surface area contributed by atoms with Gasteiger partial charge in [0.1, 0.15) is 17.2 Å². The molecule has 0 saturated carbocycles. The maximum absolute atomic E-state index is 10.7. The lowest BCUT2D eigenvalue weighted by atomic mass is 10.3. The molecule has 1 aliphatic heterocycles. The van der Waals surface area contributed by atoms with Gasteiger partial charge in [0.25, 0.3) is 0 Å². The van der Waals surface area contributed by atoms with Crippen LogP contribution >= 0.6 is 27.7 Å². The van der Waals surface area contributed by atoms with Gasteiger partial charge in [0.05, 0.1) is 0 Å². The molecule has 1 fully saturated rings. The Kier molecular flexibility index (Phi) is 2.85. The summed E-state index contributed by atoms with van der Waals surface area (Å²) in [5.74, 6) is 0.509. The Morgan fingerprint density at radius 1 is 1.71 bits per heavy atom. The van der Waals surface area contributed by atoms with Crippen LogP contribution in [-0.2, 0) is 4.79 Å². The normalized spacial score (nSPS) is 26.6. The molecule has 2 rings (SSSR count). The molecule has 76 valence electrons. The molecule has 2 heterocycles. The van der Waals surface area contributed by atoms with E-state index in [4.69, 9.17) is 9.52 Å². The van der Waals surface area contributed by atoms with Crippen molar-refractivity contribution in [1.29, 1.82) is 0 Å². The Morgan fingerprint density at radius 2 is 2.50 bits per heavy atom. The largest absolute Gasteiger partial charge is 0.480 e. The van der Waals surface area contributed by atoms with Crippen molar-refractivity contribution in [2.45, 2.75) is 11.4 Å². The summed E-state index contributed by atoms with van der Waals surface area (Å²) in [7, 11) is 0. The number of carboxylic acids is 1. The van der Waals surface area contributed by atoms with E-state index in [1.54, 1.807) is 6.07 Å². The van der Waals surface area contributed by atoms with E-state index in [9.17, 15) is 4.79 Å². The lowest BCUT2D eigenvalue weighted by Gasteiger charge is -2.06. The molecule has 0 aliphatic carbocycles. The van der Waals surface area contributed by atoms with Crippen molar-refractivity contribution in [1.82, 2.24) is 5.32 Å². The van der Waals surface area contributed by atoms with E-state index in [-0.39, 0.29) is 5.37 Å². The zero-order valence-corrected chi connectivity index (χ0v) is 9.47. The van der Waals surface area contributed by atoms with Gasteiger partial charge in [-0.05, 0) is 28.1 Å². The van der Waals surface area contributed by atoms with Crippen molar-refractivity contribution in [2.24, 2.45) is 0 Å². The van der Waals surface area contributed by atoms with Crippen LogP contribution in [0.3, 0.4) is 0 Å². The predicted octanol–water partition coefficient (Wildman–Crippen LogP) is 1.83. The molecule has 0 spiro atoms. The number of rotatable bonds is 2. The summed E-state index contributed by atoms with van der Waals surface area (Å²) in [4.78, 5) is 10.7. The van der Waals surface area contributed by atoms with Gasteiger partial charge in [0.2, 0.25) is 0 Å². The molecule has 1 aromatic heterocycles. The average molecular weight is 278 g/mol. The van der Waals surface area contributed by atoms with Gasteiger partial charge in [-0.3, -0.25) is 10.1 Å². The molecule has 0 radical (unpaired) electrons. The van der Waals surface area contributed by atoms with E-state index >= 15 is 0 Å². The Hall–Kier alpha value is -0.460. The molecule has 0 aromatic carbocycles. The van der Waals surface area contributed by atoms with Crippen LogP contribution in [0.2, 0.25) is 0 Å². The second kappa shape index (κ2) is 3.96. The minimum absolute atomic E-state index is 0.0533. The molecular formula is C8H8BrNO3S. The van der Waals surface area contributed by atoms with Crippen LogP contribution < -0.4 is 5.32 Å². The van der Waals surface area contributed by atoms with E-state index in [0.717, 1.165) is 5.76 Å². The van der Waals surface area contributed by atoms with E-state index in [0.29, 0.717) is 10.4 Å². The highest BCUT2D eigenvalue weighted by molar-refractivity contribution is 9.10. The van der Waals surface area contributed by atoms with E-state index < -0.39 is 12.0 Å².